The van der Waals surface area contributed by atoms with Crippen LogP contribution in [0.25, 0.3) is 0 Å². The molecular weight excluding hydrogens is 354 g/mol. The highest BCUT2D eigenvalue weighted by Gasteiger charge is 2.18. The molecule has 1 fully saturated rings. The van der Waals surface area contributed by atoms with E-state index in [2.05, 4.69) is 22.2 Å². The number of likely N-dealkylation sites (tertiary alicyclic amines) is 1. The van der Waals surface area contributed by atoms with E-state index in [9.17, 15) is 4.79 Å². The topological polar surface area (TPSA) is 63.7 Å². The van der Waals surface area contributed by atoms with E-state index >= 15 is 0 Å². The summed E-state index contributed by atoms with van der Waals surface area (Å²) in [6.07, 6.45) is 3.79. The van der Waals surface area contributed by atoms with E-state index in [4.69, 9.17) is 21.1 Å². The Morgan fingerprint density at radius 2 is 1.96 bits per heavy atom. The molecule has 0 aliphatic carbocycles. The van der Waals surface area contributed by atoms with Gasteiger partial charge in [0.15, 0.2) is 6.61 Å². The highest BCUT2D eigenvalue weighted by atomic mass is 35.5. The molecule has 2 heterocycles. The average Bonchev–Trinajstić information content (AvgIpc) is 2.65. The average molecular weight is 376 g/mol. The van der Waals surface area contributed by atoms with Crippen LogP contribution in [0.1, 0.15) is 12.8 Å². The van der Waals surface area contributed by atoms with Crippen molar-refractivity contribution in [1.29, 1.82) is 0 Å². The van der Waals surface area contributed by atoms with Crippen molar-refractivity contribution in [3.8, 4) is 11.6 Å². The normalized spacial score (nSPS) is 15.5. The highest BCUT2D eigenvalue weighted by Crippen LogP contribution is 2.18. The van der Waals surface area contributed by atoms with Gasteiger partial charge in [-0.05, 0) is 50.2 Å². The van der Waals surface area contributed by atoms with Gasteiger partial charge in [0.25, 0.3) is 5.91 Å². The Labute approximate surface area is 158 Å². The summed E-state index contributed by atoms with van der Waals surface area (Å²) in [4.78, 5) is 18.5. The van der Waals surface area contributed by atoms with E-state index < -0.39 is 0 Å². The maximum atomic E-state index is 12.0. The lowest BCUT2D eigenvalue weighted by Gasteiger charge is -2.28. The molecule has 1 saturated heterocycles. The highest BCUT2D eigenvalue weighted by molar-refractivity contribution is 6.30. The molecule has 1 aliphatic rings. The summed E-state index contributed by atoms with van der Waals surface area (Å²) in [6.45, 7) is 1.98. The van der Waals surface area contributed by atoms with Crippen LogP contribution in [0, 0.1) is 0 Å². The number of benzene rings is 1. The van der Waals surface area contributed by atoms with Crippen molar-refractivity contribution >= 4 is 23.2 Å². The van der Waals surface area contributed by atoms with Crippen molar-refractivity contribution in [1.82, 2.24) is 9.88 Å². The van der Waals surface area contributed by atoms with Crippen molar-refractivity contribution in [3.05, 3.63) is 47.6 Å². The summed E-state index contributed by atoms with van der Waals surface area (Å²) in [6, 6.07) is 10.4. The zero-order valence-electron chi connectivity index (χ0n) is 14.7. The van der Waals surface area contributed by atoms with Gasteiger partial charge >= 0.3 is 0 Å². The quantitative estimate of drug-likeness (QED) is 0.839. The number of amides is 1. The van der Waals surface area contributed by atoms with Gasteiger partial charge in [0, 0.05) is 24.2 Å². The number of carbonyl (C=O) groups is 1. The van der Waals surface area contributed by atoms with Crippen molar-refractivity contribution in [2.24, 2.45) is 0 Å². The molecule has 0 bridgehead atoms. The standard InChI is InChI=1S/C19H22ClN3O3/c1-23-10-8-17(9-11-23)26-19-7-4-15(12-21-19)22-18(24)13-25-16-5-2-14(20)3-6-16/h2-7,12,17H,8-11,13H2,1H3,(H,22,24). The van der Waals surface area contributed by atoms with E-state index in [0.717, 1.165) is 25.9 Å². The number of halogens is 1. The number of anilines is 1. The zero-order chi connectivity index (χ0) is 18.4. The Balaban J connectivity index is 1.44. The summed E-state index contributed by atoms with van der Waals surface area (Å²) in [5.41, 5.74) is 0.602. The zero-order valence-corrected chi connectivity index (χ0v) is 15.4. The lowest BCUT2D eigenvalue weighted by Crippen LogP contribution is -2.35. The van der Waals surface area contributed by atoms with Gasteiger partial charge in [-0.1, -0.05) is 11.6 Å². The van der Waals surface area contributed by atoms with Gasteiger partial charge in [0.05, 0.1) is 11.9 Å². The molecule has 1 amide bonds. The number of rotatable bonds is 6. The van der Waals surface area contributed by atoms with Crippen LogP contribution in [-0.2, 0) is 4.79 Å². The van der Waals surface area contributed by atoms with Crippen molar-refractivity contribution in [2.45, 2.75) is 18.9 Å². The maximum absolute atomic E-state index is 12.0. The summed E-state index contributed by atoms with van der Waals surface area (Å²) in [5, 5.41) is 3.37. The number of pyridine rings is 1. The molecule has 0 unspecified atom stereocenters. The molecule has 2 aromatic rings. The lowest BCUT2D eigenvalue weighted by atomic mass is 10.1. The van der Waals surface area contributed by atoms with E-state index in [-0.39, 0.29) is 18.6 Å². The Hall–Kier alpha value is -2.31. The molecule has 7 heteroatoms. The second kappa shape index (κ2) is 8.87. The first kappa shape index (κ1) is 18.5. The second-order valence-electron chi connectivity index (χ2n) is 6.30. The van der Waals surface area contributed by atoms with Gasteiger partial charge in [-0.2, -0.15) is 0 Å². The smallest absolute Gasteiger partial charge is 0.262 e. The molecule has 1 aromatic heterocycles. The number of carbonyl (C=O) groups excluding carboxylic acids is 1. The van der Waals surface area contributed by atoms with Crippen molar-refractivity contribution in [3.63, 3.8) is 0 Å². The Morgan fingerprint density at radius 3 is 2.62 bits per heavy atom. The predicted octanol–water partition coefficient (Wildman–Crippen LogP) is 3.23. The van der Waals surface area contributed by atoms with Crippen LogP contribution in [0.2, 0.25) is 5.02 Å². The van der Waals surface area contributed by atoms with Crippen LogP contribution in [0.5, 0.6) is 11.6 Å². The van der Waals surface area contributed by atoms with Crippen LogP contribution < -0.4 is 14.8 Å². The summed E-state index contributed by atoms with van der Waals surface area (Å²) < 4.78 is 11.3. The monoisotopic (exact) mass is 375 g/mol. The molecule has 0 saturated carbocycles. The lowest BCUT2D eigenvalue weighted by molar-refractivity contribution is -0.118. The number of aromatic nitrogens is 1. The Bertz CT molecular complexity index is 714. The van der Waals surface area contributed by atoms with Crippen LogP contribution in [0.3, 0.4) is 0 Å². The number of nitrogens with zero attached hydrogens (tertiary/aromatic N) is 2. The SMILES string of the molecule is CN1CCC(Oc2ccc(NC(=O)COc3ccc(Cl)cc3)cn2)CC1. The van der Waals surface area contributed by atoms with Gasteiger partial charge in [-0.25, -0.2) is 4.98 Å². The molecule has 6 nitrogen and oxygen atoms in total. The molecule has 1 aromatic carbocycles. The molecule has 0 radical (unpaired) electrons. The first-order valence-electron chi connectivity index (χ1n) is 8.58. The number of hydrogen-bond acceptors (Lipinski definition) is 5. The largest absolute Gasteiger partial charge is 0.484 e. The van der Waals surface area contributed by atoms with Crippen LogP contribution in [0.4, 0.5) is 5.69 Å². The minimum absolute atomic E-state index is 0.0878. The van der Waals surface area contributed by atoms with E-state index in [1.54, 1.807) is 42.6 Å². The van der Waals surface area contributed by atoms with Gasteiger partial charge in [-0.3, -0.25) is 4.79 Å². The number of piperidine rings is 1. The minimum Gasteiger partial charge on any atom is -0.484 e. The molecule has 1 N–H and O–H groups in total. The third-order valence-electron chi connectivity index (χ3n) is 4.16. The molecular formula is C19H22ClN3O3. The van der Waals surface area contributed by atoms with E-state index in [1.807, 2.05) is 0 Å². The van der Waals surface area contributed by atoms with Gasteiger partial charge in [0.2, 0.25) is 5.88 Å². The Morgan fingerprint density at radius 1 is 1.23 bits per heavy atom. The van der Waals surface area contributed by atoms with Crippen LogP contribution >= 0.6 is 11.6 Å². The fourth-order valence-electron chi connectivity index (χ4n) is 2.67. The number of nitrogens with one attached hydrogen (secondary N) is 1. The van der Waals surface area contributed by atoms with E-state index in [0.29, 0.717) is 22.3 Å². The number of ether oxygens (including phenoxy) is 2. The van der Waals surface area contributed by atoms with E-state index in [1.165, 1.54) is 0 Å². The molecule has 1 aliphatic heterocycles. The first-order chi connectivity index (χ1) is 12.6. The van der Waals surface area contributed by atoms with Gasteiger partial charge in [0.1, 0.15) is 11.9 Å². The molecule has 138 valence electrons. The first-order valence-corrected chi connectivity index (χ1v) is 8.96. The fourth-order valence-corrected chi connectivity index (χ4v) is 2.80. The second-order valence-corrected chi connectivity index (χ2v) is 6.73. The third-order valence-corrected chi connectivity index (χ3v) is 4.41. The van der Waals surface area contributed by atoms with Gasteiger partial charge in [-0.15, -0.1) is 0 Å². The predicted molar refractivity (Wildman–Crippen MR) is 101 cm³/mol. The minimum atomic E-state index is -0.259. The fraction of sp³-hybridized carbons (Fsp3) is 0.368. The molecule has 3 rings (SSSR count). The summed E-state index contributed by atoms with van der Waals surface area (Å²) >= 11 is 5.81. The summed E-state index contributed by atoms with van der Waals surface area (Å²) in [7, 11) is 2.11. The maximum Gasteiger partial charge on any atom is 0.262 e. The number of hydrogen-bond donors (Lipinski definition) is 1. The van der Waals surface area contributed by atoms with Crippen molar-refractivity contribution in [2.75, 3.05) is 32.1 Å². The van der Waals surface area contributed by atoms with Crippen LogP contribution in [-0.4, -0.2) is 48.6 Å². The van der Waals surface area contributed by atoms with Crippen molar-refractivity contribution < 1.29 is 14.3 Å². The van der Waals surface area contributed by atoms with Crippen LogP contribution in [0.15, 0.2) is 42.6 Å². The summed E-state index contributed by atoms with van der Waals surface area (Å²) in [5.74, 6) is 0.908. The molecule has 26 heavy (non-hydrogen) atoms. The molecule has 0 spiro atoms. The Kier molecular flexibility index (Phi) is 6.30. The van der Waals surface area contributed by atoms with Gasteiger partial charge < -0.3 is 19.7 Å². The molecule has 0 atom stereocenters. The third kappa shape index (κ3) is 5.61.